The number of piperazine rings is 1. The monoisotopic (exact) mass is 373 g/mol. The summed E-state index contributed by atoms with van der Waals surface area (Å²) in [7, 11) is 0. The molecule has 2 fully saturated rings. The summed E-state index contributed by atoms with van der Waals surface area (Å²) in [6.07, 6.45) is 1.65. The molecule has 0 bridgehead atoms. The second kappa shape index (κ2) is 7.74. The van der Waals surface area contributed by atoms with Crippen LogP contribution in [0.2, 0.25) is 0 Å². The Kier molecular flexibility index (Phi) is 5.41. The lowest BCUT2D eigenvalue weighted by molar-refractivity contribution is -0.140. The van der Waals surface area contributed by atoms with Gasteiger partial charge in [0, 0.05) is 33.1 Å². The maximum absolute atomic E-state index is 12.5. The van der Waals surface area contributed by atoms with E-state index in [1.54, 1.807) is 15.9 Å². The molecule has 4 amide bonds. The average Bonchev–Trinajstić information content (AvgIpc) is 2.90. The minimum absolute atomic E-state index is 0.0194. The average molecular weight is 373 g/mol. The molecule has 0 aromatic heterocycles. The summed E-state index contributed by atoms with van der Waals surface area (Å²) in [6, 6.07) is 9.25. The third kappa shape index (κ3) is 3.96. The first kappa shape index (κ1) is 18.2. The number of rotatable bonds is 3. The maximum atomic E-state index is 12.5. The number of hydrogen-bond donors (Lipinski definition) is 0. The number of carbonyl (C=O) groups is 4. The summed E-state index contributed by atoms with van der Waals surface area (Å²) in [4.78, 5) is 53.0. The van der Waals surface area contributed by atoms with Gasteiger partial charge in [-0.25, -0.2) is 0 Å². The van der Waals surface area contributed by atoms with Gasteiger partial charge in [-0.05, 0) is 23.4 Å². The van der Waals surface area contributed by atoms with Crippen molar-refractivity contribution in [3.8, 4) is 0 Å². The number of hydrogen-bond acceptors (Lipinski definition) is 5. The lowest BCUT2D eigenvalue weighted by atomic mass is 10.2. The van der Waals surface area contributed by atoms with Crippen molar-refractivity contribution in [2.45, 2.75) is 6.92 Å². The van der Waals surface area contributed by atoms with Crippen molar-refractivity contribution in [3.63, 3.8) is 0 Å². The highest BCUT2D eigenvalue weighted by molar-refractivity contribution is 8.18. The molecule has 0 spiro atoms. The lowest BCUT2D eigenvalue weighted by Gasteiger charge is -2.34. The summed E-state index contributed by atoms with van der Waals surface area (Å²) in [6.45, 7) is 2.99. The van der Waals surface area contributed by atoms with E-state index in [0.29, 0.717) is 31.1 Å². The fourth-order valence-corrected chi connectivity index (χ4v) is 3.68. The van der Waals surface area contributed by atoms with Crippen molar-refractivity contribution >= 4 is 40.8 Å². The molecule has 2 aliphatic rings. The van der Waals surface area contributed by atoms with Crippen LogP contribution in [0.25, 0.3) is 6.08 Å². The molecule has 7 nitrogen and oxygen atoms in total. The Morgan fingerprint density at radius 2 is 1.65 bits per heavy atom. The zero-order valence-electron chi connectivity index (χ0n) is 14.4. The molecule has 1 aromatic carbocycles. The second-order valence-corrected chi connectivity index (χ2v) is 7.06. The molecule has 2 saturated heterocycles. The van der Waals surface area contributed by atoms with E-state index in [4.69, 9.17) is 0 Å². The number of nitrogens with zero attached hydrogens (tertiary/aromatic N) is 3. The Labute approximate surface area is 155 Å². The molecule has 26 heavy (non-hydrogen) atoms. The summed E-state index contributed by atoms with van der Waals surface area (Å²) in [5, 5.41) is -0.437. The molecular formula is C18H19N3O4S. The second-order valence-electron chi connectivity index (χ2n) is 6.07. The van der Waals surface area contributed by atoms with Crippen LogP contribution in [0.15, 0.2) is 35.2 Å². The highest BCUT2D eigenvalue weighted by Gasteiger charge is 2.37. The summed E-state index contributed by atoms with van der Waals surface area (Å²) in [5.41, 5.74) is 0.824. The Bertz CT molecular complexity index is 770. The number of carbonyl (C=O) groups excluding carboxylic acids is 4. The van der Waals surface area contributed by atoms with Crippen LogP contribution in [0, 0.1) is 0 Å². The van der Waals surface area contributed by atoms with Gasteiger partial charge in [0.15, 0.2) is 0 Å². The highest BCUT2D eigenvalue weighted by atomic mass is 32.2. The van der Waals surface area contributed by atoms with Gasteiger partial charge in [0.25, 0.3) is 11.1 Å². The molecule has 0 aliphatic carbocycles. The molecule has 3 rings (SSSR count). The normalized spacial score (nSPS) is 19.4. The van der Waals surface area contributed by atoms with Crippen molar-refractivity contribution < 1.29 is 19.2 Å². The smallest absolute Gasteiger partial charge is 0.294 e. The van der Waals surface area contributed by atoms with E-state index in [1.807, 2.05) is 30.3 Å². The van der Waals surface area contributed by atoms with Crippen molar-refractivity contribution in [3.05, 3.63) is 40.8 Å². The topological polar surface area (TPSA) is 78.0 Å². The van der Waals surface area contributed by atoms with Gasteiger partial charge in [0.2, 0.25) is 11.8 Å². The van der Waals surface area contributed by atoms with E-state index < -0.39 is 11.1 Å². The zero-order chi connectivity index (χ0) is 18.7. The van der Waals surface area contributed by atoms with Crippen LogP contribution in [0.5, 0.6) is 0 Å². The number of thioether (sulfide) groups is 1. The van der Waals surface area contributed by atoms with Crippen LogP contribution in [-0.2, 0) is 14.4 Å². The van der Waals surface area contributed by atoms with Gasteiger partial charge >= 0.3 is 0 Å². The van der Waals surface area contributed by atoms with E-state index in [0.717, 1.165) is 22.2 Å². The molecule has 0 atom stereocenters. The van der Waals surface area contributed by atoms with E-state index >= 15 is 0 Å². The lowest BCUT2D eigenvalue weighted by Crippen LogP contribution is -2.52. The first-order chi connectivity index (χ1) is 12.5. The maximum Gasteiger partial charge on any atom is 0.294 e. The molecule has 2 aliphatic heterocycles. The molecule has 8 heteroatoms. The van der Waals surface area contributed by atoms with E-state index in [9.17, 15) is 19.2 Å². The van der Waals surface area contributed by atoms with Crippen LogP contribution < -0.4 is 0 Å². The van der Waals surface area contributed by atoms with Gasteiger partial charge in [-0.3, -0.25) is 24.1 Å². The van der Waals surface area contributed by atoms with Gasteiger partial charge in [0.05, 0.1) is 4.91 Å². The molecule has 1 aromatic rings. The van der Waals surface area contributed by atoms with Crippen LogP contribution >= 0.6 is 11.8 Å². The van der Waals surface area contributed by atoms with Crippen molar-refractivity contribution in [1.29, 1.82) is 0 Å². The zero-order valence-corrected chi connectivity index (χ0v) is 15.2. The van der Waals surface area contributed by atoms with Gasteiger partial charge in [-0.1, -0.05) is 30.3 Å². The predicted molar refractivity (Wildman–Crippen MR) is 98.0 cm³/mol. The van der Waals surface area contributed by atoms with Crippen molar-refractivity contribution in [2.24, 2.45) is 0 Å². The molecule has 0 radical (unpaired) electrons. The minimum Gasteiger partial charge on any atom is -0.339 e. The van der Waals surface area contributed by atoms with E-state index in [-0.39, 0.29) is 18.4 Å². The molecular weight excluding hydrogens is 354 g/mol. The van der Waals surface area contributed by atoms with Crippen molar-refractivity contribution in [2.75, 3.05) is 32.7 Å². The standard InChI is InChI=1S/C18H19N3O4S/c1-13(22)19-7-9-20(10-8-19)16(23)12-21-17(24)15(26-18(21)25)11-14-5-3-2-4-6-14/h2-6,11H,7-10,12H2,1H3/b15-11+. The summed E-state index contributed by atoms with van der Waals surface area (Å²) >= 11 is 0.844. The van der Waals surface area contributed by atoms with Gasteiger partial charge in [0.1, 0.15) is 6.54 Å². The third-order valence-electron chi connectivity index (χ3n) is 4.34. The summed E-state index contributed by atoms with van der Waals surface area (Å²) in [5.74, 6) is -0.745. The number of benzene rings is 1. The van der Waals surface area contributed by atoms with E-state index in [2.05, 4.69) is 0 Å². The quantitative estimate of drug-likeness (QED) is 0.749. The first-order valence-electron chi connectivity index (χ1n) is 8.29. The van der Waals surface area contributed by atoms with Crippen LogP contribution in [0.4, 0.5) is 4.79 Å². The van der Waals surface area contributed by atoms with Gasteiger partial charge in [-0.15, -0.1) is 0 Å². The largest absolute Gasteiger partial charge is 0.339 e. The van der Waals surface area contributed by atoms with Crippen LogP contribution in [0.1, 0.15) is 12.5 Å². The molecule has 0 saturated carbocycles. The van der Waals surface area contributed by atoms with E-state index in [1.165, 1.54) is 6.92 Å². The Hall–Kier alpha value is -2.61. The number of imide groups is 1. The Morgan fingerprint density at radius 1 is 1.04 bits per heavy atom. The SMILES string of the molecule is CC(=O)N1CCN(C(=O)CN2C(=O)S/C(=C/c3ccccc3)C2=O)CC1. The fourth-order valence-electron chi connectivity index (χ4n) is 2.84. The Morgan fingerprint density at radius 3 is 2.27 bits per heavy atom. The van der Waals surface area contributed by atoms with Crippen LogP contribution in [-0.4, -0.2) is 70.4 Å². The molecule has 2 heterocycles. The van der Waals surface area contributed by atoms with Crippen LogP contribution in [0.3, 0.4) is 0 Å². The molecule has 136 valence electrons. The molecule has 0 N–H and O–H groups in total. The van der Waals surface area contributed by atoms with Gasteiger partial charge < -0.3 is 9.80 Å². The predicted octanol–water partition coefficient (Wildman–Crippen LogP) is 1.41. The minimum atomic E-state index is -0.445. The first-order valence-corrected chi connectivity index (χ1v) is 9.11. The van der Waals surface area contributed by atoms with Gasteiger partial charge in [-0.2, -0.15) is 0 Å². The Balaban J connectivity index is 1.62. The third-order valence-corrected chi connectivity index (χ3v) is 5.25. The summed E-state index contributed by atoms with van der Waals surface area (Å²) < 4.78 is 0. The van der Waals surface area contributed by atoms with Crippen molar-refractivity contribution in [1.82, 2.24) is 14.7 Å². The fraction of sp³-hybridized carbons (Fsp3) is 0.333. The molecule has 0 unspecified atom stereocenters. The highest BCUT2D eigenvalue weighted by Crippen LogP contribution is 2.32. The number of amides is 4.